The van der Waals surface area contributed by atoms with Crippen LogP contribution in [0.2, 0.25) is 0 Å². The van der Waals surface area contributed by atoms with Gasteiger partial charge in [-0.25, -0.2) is 4.98 Å². The minimum atomic E-state index is 0.858. The van der Waals surface area contributed by atoms with E-state index < -0.39 is 0 Å². The van der Waals surface area contributed by atoms with Gasteiger partial charge in [0, 0.05) is 30.4 Å². The normalized spacial score (nSPS) is 10.8. The summed E-state index contributed by atoms with van der Waals surface area (Å²) in [4.78, 5) is 17.4. The number of pyridine rings is 3. The van der Waals surface area contributed by atoms with E-state index in [1.165, 1.54) is 9.88 Å². The molecule has 140 valence electrons. The SMILES string of the molecule is CCN(CC)c1ccc(-c2cc(-c3ccccn3)nc(-c3ccccn3)c2)s1. The van der Waals surface area contributed by atoms with E-state index in [0.29, 0.717) is 0 Å². The fourth-order valence-corrected chi connectivity index (χ4v) is 4.27. The van der Waals surface area contributed by atoms with Gasteiger partial charge in [0.2, 0.25) is 0 Å². The van der Waals surface area contributed by atoms with Crippen molar-refractivity contribution in [2.24, 2.45) is 0 Å². The molecule has 0 aliphatic carbocycles. The Morgan fingerprint density at radius 3 is 1.86 bits per heavy atom. The molecule has 4 aromatic heterocycles. The Balaban J connectivity index is 1.83. The van der Waals surface area contributed by atoms with Crippen LogP contribution in [0, 0.1) is 0 Å². The van der Waals surface area contributed by atoms with E-state index >= 15 is 0 Å². The second-order valence-corrected chi connectivity index (χ2v) is 7.43. The summed E-state index contributed by atoms with van der Waals surface area (Å²) in [5, 5.41) is 1.29. The van der Waals surface area contributed by atoms with Gasteiger partial charge in [0.25, 0.3) is 0 Å². The number of aromatic nitrogens is 3. The predicted octanol–water partition coefficient (Wildman–Crippen LogP) is 5.78. The maximum atomic E-state index is 4.84. The number of anilines is 1. The maximum Gasteiger partial charge on any atom is 0.0914 e. The molecule has 4 nitrogen and oxygen atoms in total. The molecule has 4 heterocycles. The lowest BCUT2D eigenvalue weighted by Crippen LogP contribution is -2.20. The molecule has 0 spiro atoms. The molecule has 5 heteroatoms. The highest BCUT2D eigenvalue weighted by Crippen LogP contribution is 2.36. The van der Waals surface area contributed by atoms with Gasteiger partial charge in [0.1, 0.15) is 0 Å². The average molecular weight is 387 g/mol. The average Bonchev–Trinajstić information content (AvgIpc) is 3.26. The smallest absolute Gasteiger partial charge is 0.0914 e. The number of hydrogen-bond donors (Lipinski definition) is 0. The molecule has 4 rings (SSSR count). The fraction of sp³-hybridized carbons (Fsp3) is 0.174. The first kappa shape index (κ1) is 18.3. The molecule has 0 radical (unpaired) electrons. The molecule has 0 amide bonds. The summed E-state index contributed by atoms with van der Waals surface area (Å²) in [5.74, 6) is 0. The largest absolute Gasteiger partial charge is 0.364 e. The zero-order valence-corrected chi connectivity index (χ0v) is 16.9. The molecule has 0 saturated carbocycles. The second kappa shape index (κ2) is 8.31. The van der Waals surface area contributed by atoms with Crippen molar-refractivity contribution in [2.45, 2.75) is 13.8 Å². The number of rotatable bonds is 6. The molecule has 0 aromatic carbocycles. The van der Waals surface area contributed by atoms with Gasteiger partial charge in [-0.1, -0.05) is 12.1 Å². The minimum Gasteiger partial charge on any atom is -0.364 e. The molecular formula is C23H22N4S. The van der Waals surface area contributed by atoms with Crippen LogP contribution in [0.5, 0.6) is 0 Å². The van der Waals surface area contributed by atoms with Gasteiger partial charge in [0.15, 0.2) is 0 Å². The van der Waals surface area contributed by atoms with Gasteiger partial charge in [-0.15, -0.1) is 11.3 Å². The van der Waals surface area contributed by atoms with Gasteiger partial charge in [0.05, 0.1) is 27.8 Å². The van der Waals surface area contributed by atoms with Crippen LogP contribution in [-0.4, -0.2) is 28.0 Å². The molecule has 28 heavy (non-hydrogen) atoms. The third-order valence-corrected chi connectivity index (χ3v) is 5.83. The van der Waals surface area contributed by atoms with Crippen molar-refractivity contribution in [3.05, 3.63) is 73.1 Å². The second-order valence-electron chi connectivity index (χ2n) is 6.37. The van der Waals surface area contributed by atoms with Crippen molar-refractivity contribution in [2.75, 3.05) is 18.0 Å². The Morgan fingerprint density at radius 1 is 0.750 bits per heavy atom. The van der Waals surface area contributed by atoms with Crippen molar-refractivity contribution in [1.82, 2.24) is 15.0 Å². The van der Waals surface area contributed by atoms with Crippen molar-refractivity contribution >= 4 is 16.3 Å². The first-order valence-electron chi connectivity index (χ1n) is 9.48. The summed E-state index contributed by atoms with van der Waals surface area (Å²) in [5.41, 5.74) is 4.58. The molecule has 0 N–H and O–H groups in total. The van der Waals surface area contributed by atoms with Crippen LogP contribution in [0.1, 0.15) is 13.8 Å². The van der Waals surface area contributed by atoms with Crippen LogP contribution in [0.25, 0.3) is 33.2 Å². The third-order valence-electron chi connectivity index (χ3n) is 4.63. The minimum absolute atomic E-state index is 0.858. The Bertz CT molecular complexity index is 983. The Morgan fingerprint density at radius 2 is 1.36 bits per heavy atom. The van der Waals surface area contributed by atoms with Crippen LogP contribution in [0.3, 0.4) is 0 Å². The topological polar surface area (TPSA) is 41.9 Å². The molecule has 0 unspecified atom stereocenters. The quantitative estimate of drug-likeness (QED) is 0.421. The number of hydrogen-bond acceptors (Lipinski definition) is 5. The van der Waals surface area contributed by atoms with Crippen LogP contribution in [-0.2, 0) is 0 Å². The third kappa shape index (κ3) is 3.80. The maximum absolute atomic E-state index is 4.84. The highest BCUT2D eigenvalue weighted by atomic mass is 32.1. The zero-order chi connectivity index (χ0) is 19.3. The van der Waals surface area contributed by atoms with Gasteiger partial charge >= 0.3 is 0 Å². The highest BCUT2D eigenvalue weighted by molar-refractivity contribution is 7.19. The summed E-state index contributed by atoms with van der Waals surface area (Å²) < 4.78 is 0. The highest BCUT2D eigenvalue weighted by Gasteiger charge is 2.13. The summed E-state index contributed by atoms with van der Waals surface area (Å²) in [7, 11) is 0. The summed E-state index contributed by atoms with van der Waals surface area (Å²) in [6, 6.07) is 20.4. The lowest BCUT2D eigenvalue weighted by Gasteiger charge is -2.18. The van der Waals surface area contributed by atoms with E-state index in [1.807, 2.05) is 47.7 Å². The molecular weight excluding hydrogens is 364 g/mol. The summed E-state index contributed by atoms with van der Waals surface area (Å²) in [6.45, 7) is 6.39. The molecule has 4 aromatic rings. The number of thiophene rings is 1. The Labute approximate surface area is 169 Å². The van der Waals surface area contributed by atoms with Gasteiger partial charge < -0.3 is 4.90 Å². The zero-order valence-electron chi connectivity index (χ0n) is 16.0. The monoisotopic (exact) mass is 386 g/mol. The fourth-order valence-electron chi connectivity index (χ4n) is 3.15. The van der Waals surface area contributed by atoms with E-state index in [2.05, 4.69) is 53.0 Å². The van der Waals surface area contributed by atoms with E-state index in [0.717, 1.165) is 41.4 Å². The van der Waals surface area contributed by atoms with Crippen LogP contribution >= 0.6 is 11.3 Å². The predicted molar refractivity (Wildman–Crippen MR) is 118 cm³/mol. The van der Waals surface area contributed by atoms with E-state index in [-0.39, 0.29) is 0 Å². The first-order valence-corrected chi connectivity index (χ1v) is 10.3. The van der Waals surface area contributed by atoms with Crippen molar-refractivity contribution in [1.29, 1.82) is 0 Å². The standard InChI is InChI=1S/C23H22N4S/c1-3-27(4-2)23-12-11-22(28-23)17-15-20(18-9-5-7-13-24-18)26-21(16-17)19-10-6-8-14-25-19/h5-16H,3-4H2,1-2H3. The van der Waals surface area contributed by atoms with E-state index in [4.69, 9.17) is 4.98 Å². The van der Waals surface area contributed by atoms with Crippen LogP contribution in [0.4, 0.5) is 5.00 Å². The first-order chi connectivity index (χ1) is 13.8. The molecule has 0 fully saturated rings. The van der Waals surface area contributed by atoms with Gasteiger partial charge in [-0.3, -0.25) is 9.97 Å². The van der Waals surface area contributed by atoms with E-state index in [9.17, 15) is 0 Å². The molecule has 0 aliphatic heterocycles. The van der Waals surface area contributed by atoms with Gasteiger partial charge in [-0.2, -0.15) is 0 Å². The van der Waals surface area contributed by atoms with Crippen LogP contribution in [0.15, 0.2) is 73.1 Å². The van der Waals surface area contributed by atoms with Crippen molar-refractivity contribution < 1.29 is 0 Å². The van der Waals surface area contributed by atoms with E-state index in [1.54, 1.807) is 12.4 Å². The Kier molecular flexibility index (Phi) is 5.44. The lowest BCUT2D eigenvalue weighted by molar-refractivity contribution is 0.876. The molecule has 0 aliphatic rings. The molecule has 0 bridgehead atoms. The summed E-state index contributed by atoms with van der Waals surface area (Å²) in [6.07, 6.45) is 3.60. The molecule has 0 saturated heterocycles. The van der Waals surface area contributed by atoms with Gasteiger partial charge in [-0.05, 0) is 67.9 Å². The summed E-state index contributed by atoms with van der Waals surface area (Å²) >= 11 is 1.81. The lowest BCUT2D eigenvalue weighted by atomic mass is 10.1. The van der Waals surface area contributed by atoms with Crippen molar-refractivity contribution in [3.63, 3.8) is 0 Å². The number of nitrogens with zero attached hydrogens (tertiary/aromatic N) is 4. The molecule has 0 atom stereocenters. The Hall–Kier alpha value is -3.05. The van der Waals surface area contributed by atoms with Crippen molar-refractivity contribution in [3.8, 4) is 33.2 Å². The van der Waals surface area contributed by atoms with Crippen LogP contribution < -0.4 is 4.90 Å².